The average Bonchev–Trinajstić information content (AvgIpc) is 3.34. The van der Waals surface area contributed by atoms with Crippen LogP contribution in [0.3, 0.4) is 0 Å². The van der Waals surface area contributed by atoms with Crippen molar-refractivity contribution >= 4 is 5.78 Å². The Kier molecular flexibility index (Phi) is 4.84. The summed E-state index contributed by atoms with van der Waals surface area (Å²) in [5.74, 6) is 4.30. The number of nitrogens with zero attached hydrogens (tertiary/aromatic N) is 4. The smallest absolute Gasteiger partial charge is 0.158 e. The van der Waals surface area contributed by atoms with Crippen molar-refractivity contribution in [1.82, 2.24) is 20.2 Å². The molecule has 4 fully saturated rings. The first-order chi connectivity index (χ1) is 13.9. The lowest BCUT2D eigenvalue weighted by molar-refractivity contribution is -0.133. The minimum atomic E-state index is -0.404. The Morgan fingerprint density at radius 2 is 1.93 bits per heavy atom. The number of carbonyl (C=O) groups excluding carboxylic acids is 1. The van der Waals surface area contributed by atoms with Crippen LogP contribution in [0.1, 0.15) is 78.1 Å². The Labute approximate surface area is 173 Å². The fraction of sp³-hybridized carbons (Fsp3) is 0.913. The third-order valence-electron chi connectivity index (χ3n) is 9.86. The number of fused-ring (bicyclic) bond motifs is 5. The Hall–Kier alpha value is -1.30. The van der Waals surface area contributed by atoms with Crippen LogP contribution < -0.4 is 0 Å². The molecule has 0 amide bonds. The minimum Gasteiger partial charge on any atom is -0.390 e. The van der Waals surface area contributed by atoms with Crippen molar-refractivity contribution in [1.29, 1.82) is 0 Å². The summed E-state index contributed by atoms with van der Waals surface area (Å²) in [4.78, 5) is 13.1. The van der Waals surface area contributed by atoms with E-state index in [0.29, 0.717) is 18.2 Å². The van der Waals surface area contributed by atoms with Crippen LogP contribution in [0, 0.1) is 40.9 Å². The largest absolute Gasteiger partial charge is 0.390 e. The molecule has 29 heavy (non-hydrogen) atoms. The van der Waals surface area contributed by atoms with Crippen molar-refractivity contribution in [2.75, 3.05) is 0 Å². The standard InChI is InChI=1S/C23H36N4O2/c1-3-23(29)11-9-16-15(12-23)4-5-18-17(16)8-10-22(2)19(18)6-7-20(22)21(28)13-27-14-24-25-26-27/h14-20,29H,3-13H2,1-2H3/t15-,16+,17-,18-,19+,20-,22+,23-/m1/s1. The molecule has 1 heterocycles. The lowest BCUT2D eigenvalue weighted by atomic mass is 9.48. The highest BCUT2D eigenvalue weighted by Gasteiger charge is 2.58. The number of Topliss-reactive ketones (excluding diaryl/α,β-unsaturated/α-hetero) is 1. The van der Waals surface area contributed by atoms with E-state index in [1.54, 1.807) is 11.0 Å². The first kappa shape index (κ1) is 19.7. The van der Waals surface area contributed by atoms with Gasteiger partial charge in [0.05, 0.1) is 5.60 Å². The number of rotatable bonds is 4. The molecule has 0 bridgehead atoms. The van der Waals surface area contributed by atoms with Gasteiger partial charge in [-0.2, -0.15) is 0 Å². The fourth-order valence-electron chi connectivity index (χ4n) is 8.34. The quantitative estimate of drug-likeness (QED) is 0.834. The lowest BCUT2D eigenvalue weighted by Crippen LogP contribution is -2.51. The van der Waals surface area contributed by atoms with Crippen molar-refractivity contribution in [2.24, 2.45) is 40.9 Å². The van der Waals surface area contributed by atoms with E-state index in [9.17, 15) is 9.90 Å². The Morgan fingerprint density at radius 3 is 2.69 bits per heavy atom. The number of hydrogen-bond donors (Lipinski definition) is 1. The maximum Gasteiger partial charge on any atom is 0.158 e. The number of ketones is 1. The zero-order chi connectivity index (χ0) is 20.2. The molecule has 1 aromatic rings. The van der Waals surface area contributed by atoms with Gasteiger partial charge in [0.2, 0.25) is 0 Å². The van der Waals surface area contributed by atoms with Gasteiger partial charge in [0.1, 0.15) is 12.9 Å². The van der Waals surface area contributed by atoms with Crippen LogP contribution in [0.25, 0.3) is 0 Å². The maximum absolute atomic E-state index is 13.1. The van der Waals surface area contributed by atoms with E-state index < -0.39 is 5.60 Å². The fourth-order valence-corrected chi connectivity index (χ4v) is 8.34. The molecule has 0 aromatic carbocycles. The lowest BCUT2D eigenvalue weighted by Gasteiger charge is -2.57. The molecule has 1 N–H and O–H groups in total. The Balaban J connectivity index is 1.31. The molecular weight excluding hydrogens is 364 g/mol. The van der Waals surface area contributed by atoms with Crippen molar-refractivity contribution in [3.05, 3.63) is 6.33 Å². The molecule has 5 rings (SSSR count). The van der Waals surface area contributed by atoms with E-state index in [0.717, 1.165) is 49.4 Å². The first-order valence-electron chi connectivity index (χ1n) is 11.9. The van der Waals surface area contributed by atoms with E-state index in [4.69, 9.17) is 0 Å². The molecule has 0 saturated heterocycles. The van der Waals surface area contributed by atoms with Crippen molar-refractivity contribution in [2.45, 2.75) is 90.2 Å². The van der Waals surface area contributed by atoms with Gasteiger partial charge in [0.15, 0.2) is 5.78 Å². The maximum atomic E-state index is 13.1. The third-order valence-corrected chi connectivity index (χ3v) is 9.86. The number of carbonyl (C=O) groups is 1. The molecule has 4 saturated carbocycles. The molecule has 0 aliphatic heterocycles. The summed E-state index contributed by atoms with van der Waals surface area (Å²) < 4.78 is 1.58. The topological polar surface area (TPSA) is 80.9 Å². The van der Waals surface area contributed by atoms with Gasteiger partial charge in [-0.3, -0.25) is 4.79 Å². The van der Waals surface area contributed by atoms with Gasteiger partial charge >= 0.3 is 0 Å². The zero-order valence-electron chi connectivity index (χ0n) is 18.0. The predicted octanol–water partition coefficient (Wildman–Crippen LogP) is 3.65. The van der Waals surface area contributed by atoms with Crippen molar-refractivity contribution < 1.29 is 9.90 Å². The summed E-state index contributed by atoms with van der Waals surface area (Å²) in [7, 11) is 0. The van der Waals surface area contributed by atoms with Crippen LogP contribution in [0.2, 0.25) is 0 Å². The number of hydrogen-bond acceptors (Lipinski definition) is 5. The van der Waals surface area contributed by atoms with Gasteiger partial charge in [0, 0.05) is 5.92 Å². The molecule has 4 aliphatic carbocycles. The van der Waals surface area contributed by atoms with Crippen LogP contribution in [0.4, 0.5) is 0 Å². The van der Waals surface area contributed by atoms with Gasteiger partial charge in [-0.25, -0.2) is 4.68 Å². The molecule has 8 atom stereocenters. The molecular formula is C23H36N4O2. The van der Waals surface area contributed by atoms with E-state index >= 15 is 0 Å². The van der Waals surface area contributed by atoms with Crippen LogP contribution >= 0.6 is 0 Å². The molecule has 0 radical (unpaired) electrons. The van der Waals surface area contributed by atoms with Gasteiger partial charge in [-0.05, 0) is 110 Å². The van der Waals surface area contributed by atoms with E-state index in [2.05, 4.69) is 29.4 Å². The third kappa shape index (κ3) is 3.17. The summed E-state index contributed by atoms with van der Waals surface area (Å²) in [6, 6.07) is 0. The predicted molar refractivity (Wildman–Crippen MR) is 109 cm³/mol. The van der Waals surface area contributed by atoms with Crippen LogP contribution in [0.5, 0.6) is 0 Å². The normalized spacial score (nSPS) is 46.6. The Morgan fingerprint density at radius 1 is 1.10 bits per heavy atom. The van der Waals surface area contributed by atoms with E-state index in [1.165, 1.54) is 38.5 Å². The van der Waals surface area contributed by atoms with Crippen molar-refractivity contribution in [3.8, 4) is 0 Å². The molecule has 6 heteroatoms. The van der Waals surface area contributed by atoms with Gasteiger partial charge in [-0.15, -0.1) is 5.10 Å². The molecule has 4 aliphatic rings. The number of aromatic nitrogens is 4. The molecule has 0 unspecified atom stereocenters. The van der Waals surface area contributed by atoms with Crippen molar-refractivity contribution in [3.63, 3.8) is 0 Å². The van der Waals surface area contributed by atoms with Gasteiger partial charge in [0.25, 0.3) is 0 Å². The van der Waals surface area contributed by atoms with E-state index in [-0.39, 0.29) is 11.3 Å². The summed E-state index contributed by atoms with van der Waals surface area (Å²) in [6.45, 7) is 4.86. The van der Waals surface area contributed by atoms with Crippen LogP contribution in [-0.4, -0.2) is 36.7 Å². The molecule has 160 valence electrons. The minimum absolute atomic E-state index is 0.151. The summed E-state index contributed by atoms with van der Waals surface area (Å²) in [5.41, 5.74) is -0.254. The molecule has 1 aromatic heterocycles. The second kappa shape index (κ2) is 7.14. The second-order valence-electron chi connectivity index (χ2n) is 10.9. The average molecular weight is 401 g/mol. The highest BCUT2D eigenvalue weighted by Crippen LogP contribution is 2.64. The highest BCUT2D eigenvalue weighted by molar-refractivity contribution is 5.82. The summed E-state index contributed by atoms with van der Waals surface area (Å²) in [6.07, 6.45) is 13.0. The molecule has 6 nitrogen and oxygen atoms in total. The van der Waals surface area contributed by atoms with Gasteiger partial charge < -0.3 is 5.11 Å². The molecule has 0 spiro atoms. The highest BCUT2D eigenvalue weighted by atomic mass is 16.3. The zero-order valence-corrected chi connectivity index (χ0v) is 18.0. The van der Waals surface area contributed by atoms with Crippen LogP contribution in [0.15, 0.2) is 6.33 Å². The SMILES string of the molecule is CC[C@@]1(O)CC[C@H]2[C@H](CC[C@@H]3[C@@H]2CC[C@]2(C)[C@@H](C(=O)Cn4cnnn4)CC[C@@H]32)C1. The first-order valence-corrected chi connectivity index (χ1v) is 11.9. The summed E-state index contributed by atoms with van der Waals surface area (Å²) in [5, 5.41) is 22.1. The number of aliphatic hydroxyl groups is 1. The number of tetrazole rings is 1. The van der Waals surface area contributed by atoms with Crippen LogP contribution in [-0.2, 0) is 11.3 Å². The van der Waals surface area contributed by atoms with Gasteiger partial charge in [-0.1, -0.05) is 13.8 Å². The van der Waals surface area contributed by atoms with E-state index in [1.807, 2.05) is 0 Å². The summed E-state index contributed by atoms with van der Waals surface area (Å²) >= 11 is 0. The second-order valence-corrected chi connectivity index (χ2v) is 10.9. The monoisotopic (exact) mass is 400 g/mol. The Bertz CT molecular complexity index is 752.